The number of benzene rings is 1. The summed E-state index contributed by atoms with van der Waals surface area (Å²) < 4.78 is 0. The Hall–Kier alpha value is -1.39. The molecule has 21 heavy (non-hydrogen) atoms. The molecule has 0 aliphatic carbocycles. The summed E-state index contributed by atoms with van der Waals surface area (Å²) in [6.07, 6.45) is 2.18. The van der Waals surface area contributed by atoms with Crippen molar-refractivity contribution >= 4 is 11.6 Å². The van der Waals surface area contributed by atoms with E-state index in [1.807, 2.05) is 26.0 Å². The van der Waals surface area contributed by atoms with E-state index < -0.39 is 0 Å². The number of rotatable bonds is 4. The van der Waals surface area contributed by atoms with Crippen molar-refractivity contribution in [1.29, 1.82) is 0 Å². The maximum absolute atomic E-state index is 12.2. The minimum Gasteiger partial charge on any atom is -0.328 e. The Morgan fingerprint density at radius 1 is 1.38 bits per heavy atom. The number of amides is 1. The van der Waals surface area contributed by atoms with Crippen LogP contribution in [0.15, 0.2) is 18.2 Å². The molecule has 0 bridgehead atoms. The Morgan fingerprint density at radius 2 is 2.05 bits per heavy atom. The number of anilines is 1. The van der Waals surface area contributed by atoms with Gasteiger partial charge in [-0.1, -0.05) is 12.1 Å². The van der Waals surface area contributed by atoms with Crippen molar-refractivity contribution in [2.45, 2.75) is 39.7 Å². The third-order valence-corrected chi connectivity index (χ3v) is 4.41. The van der Waals surface area contributed by atoms with Gasteiger partial charge in [0.1, 0.15) is 0 Å². The average molecular weight is 289 g/mol. The maximum Gasteiger partial charge on any atom is 0.238 e. The number of aryl methyl sites for hydroxylation is 2. The molecule has 1 fully saturated rings. The van der Waals surface area contributed by atoms with Crippen LogP contribution in [0.5, 0.6) is 0 Å². The highest BCUT2D eigenvalue weighted by Crippen LogP contribution is 2.20. The average Bonchev–Trinajstić information content (AvgIpc) is 2.43. The largest absolute Gasteiger partial charge is 0.328 e. The molecule has 1 saturated heterocycles. The molecule has 0 spiro atoms. The SMILES string of the molecule is Cc1ccc(C)c(NC(=O)CN2CCC(C(C)N)CC2)c1. The molecule has 1 aliphatic rings. The minimum atomic E-state index is 0.0722. The zero-order valence-corrected chi connectivity index (χ0v) is 13.4. The van der Waals surface area contributed by atoms with Crippen molar-refractivity contribution in [3.05, 3.63) is 29.3 Å². The fourth-order valence-corrected chi connectivity index (χ4v) is 2.90. The van der Waals surface area contributed by atoms with E-state index in [4.69, 9.17) is 5.73 Å². The second-order valence-electron chi connectivity index (χ2n) is 6.34. The number of nitrogens with two attached hydrogens (primary N) is 1. The van der Waals surface area contributed by atoms with Crippen LogP contribution in [-0.2, 0) is 4.79 Å². The highest BCUT2D eigenvalue weighted by molar-refractivity contribution is 5.93. The zero-order chi connectivity index (χ0) is 15.4. The number of nitrogens with one attached hydrogen (secondary N) is 1. The zero-order valence-electron chi connectivity index (χ0n) is 13.4. The molecular formula is C17H27N3O. The van der Waals surface area contributed by atoms with Crippen LogP contribution in [0, 0.1) is 19.8 Å². The molecule has 1 aromatic rings. The lowest BCUT2D eigenvalue weighted by molar-refractivity contribution is -0.117. The van der Waals surface area contributed by atoms with Crippen LogP contribution in [0.2, 0.25) is 0 Å². The van der Waals surface area contributed by atoms with Gasteiger partial charge in [-0.05, 0) is 69.8 Å². The smallest absolute Gasteiger partial charge is 0.238 e. The van der Waals surface area contributed by atoms with E-state index in [1.165, 1.54) is 0 Å². The molecule has 3 N–H and O–H groups in total. The Morgan fingerprint density at radius 3 is 2.67 bits per heavy atom. The van der Waals surface area contributed by atoms with Crippen LogP contribution in [0.4, 0.5) is 5.69 Å². The molecular weight excluding hydrogens is 262 g/mol. The van der Waals surface area contributed by atoms with Gasteiger partial charge in [0.2, 0.25) is 5.91 Å². The van der Waals surface area contributed by atoms with E-state index in [0.29, 0.717) is 12.5 Å². The van der Waals surface area contributed by atoms with E-state index in [0.717, 1.165) is 42.7 Å². The highest BCUT2D eigenvalue weighted by atomic mass is 16.2. The summed E-state index contributed by atoms with van der Waals surface area (Å²) in [7, 11) is 0. The van der Waals surface area contributed by atoms with Crippen LogP contribution >= 0.6 is 0 Å². The summed E-state index contributed by atoms with van der Waals surface area (Å²) in [6, 6.07) is 6.38. The third kappa shape index (κ3) is 4.55. The molecule has 1 unspecified atom stereocenters. The molecule has 0 saturated carbocycles. The van der Waals surface area contributed by atoms with Crippen LogP contribution < -0.4 is 11.1 Å². The number of piperidine rings is 1. The van der Waals surface area contributed by atoms with Gasteiger partial charge in [-0.25, -0.2) is 0 Å². The van der Waals surface area contributed by atoms with Crippen LogP contribution in [0.1, 0.15) is 30.9 Å². The lowest BCUT2D eigenvalue weighted by Gasteiger charge is -2.33. The summed E-state index contributed by atoms with van der Waals surface area (Å²) in [5.74, 6) is 0.672. The minimum absolute atomic E-state index is 0.0722. The quantitative estimate of drug-likeness (QED) is 0.894. The monoisotopic (exact) mass is 289 g/mol. The maximum atomic E-state index is 12.2. The third-order valence-electron chi connectivity index (χ3n) is 4.41. The van der Waals surface area contributed by atoms with Gasteiger partial charge < -0.3 is 11.1 Å². The Balaban J connectivity index is 1.84. The van der Waals surface area contributed by atoms with Crippen LogP contribution in [0.3, 0.4) is 0 Å². The predicted octanol–water partition coefficient (Wildman–Crippen LogP) is 2.30. The lowest BCUT2D eigenvalue weighted by atomic mass is 9.91. The van der Waals surface area contributed by atoms with Gasteiger partial charge in [-0.15, -0.1) is 0 Å². The van der Waals surface area contributed by atoms with E-state index in [9.17, 15) is 4.79 Å². The predicted molar refractivity (Wildman–Crippen MR) is 87.4 cm³/mol. The number of nitrogens with zero attached hydrogens (tertiary/aromatic N) is 1. The molecule has 4 nitrogen and oxygen atoms in total. The molecule has 1 amide bonds. The highest BCUT2D eigenvalue weighted by Gasteiger charge is 2.23. The number of carbonyl (C=O) groups is 1. The number of hydrogen-bond acceptors (Lipinski definition) is 3. The first-order valence-corrected chi connectivity index (χ1v) is 7.80. The van der Waals surface area contributed by atoms with Gasteiger partial charge in [0.25, 0.3) is 0 Å². The summed E-state index contributed by atoms with van der Waals surface area (Å²) >= 11 is 0. The molecule has 1 aromatic carbocycles. The Kier molecular flexibility index (Phi) is 5.37. The molecule has 1 aliphatic heterocycles. The van der Waals surface area contributed by atoms with Gasteiger partial charge in [-0.2, -0.15) is 0 Å². The molecule has 1 heterocycles. The first-order chi connectivity index (χ1) is 9.95. The molecule has 2 rings (SSSR count). The Bertz CT molecular complexity index is 491. The van der Waals surface area contributed by atoms with Crippen molar-refractivity contribution in [2.24, 2.45) is 11.7 Å². The number of hydrogen-bond donors (Lipinski definition) is 2. The van der Waals surface area contributed by atoms with E-state index in [1.54, 1.807) is 0 Å². The first kappa shape index (κ1) is 16.0. The molecule has 0 aromatic heterocycles. The normalized spacial score (nSPS) is 18.5. The Labute approximate surface area is 127 Å². The summed E-state index contributed by atoms with van der Waals surface area (Å²) in [6.45, 7) is 8.53. The lowest BCUT2D eigenvalue weighted by Crippen LogP contribution is -2.42. The topological polar surface area (TPSA) is 58.4 Å². The second kappa shape index (κ2) is 7.05. The van der Waals surface area contributed by atoms with E-state index >= 15 is 0 Å². The second-order valence-corrected chi connectivity index (χ2v) is 6.34. The molecule has 0 radical (unpaired) electrons. The van der Waals surface area contributed by atoms with Crippen molar-refractivity contribution in [2.75, 3.05) is 25.0 Å². The van der Waals surface area contributed by atoms with Crippen molar-refractivity contribution in [1.82, 2.24) is 4.90 Å². The first-order valence-electron chi connectivity index (χ1n) is 7.80. The van der Waals surface area contributed by atoms with Gasteiger partial charge in [0.15, 0.2) is 0 Å². The van der Waals surface area contributed by atoms with Crippen molar-refractivity contribution in [3.8, 4) is 0 Å². The fourth-order valence-electron chi connectivity index (χ4n) is 2.90. The van der Waals surface area contributed by atoms with Crippen LogP contribution in [-0.4, -0.2) is 36.5 Å². The molecule has 1 atom stereocenters. The van der Waals surface area contributed by atoms with Gasteiger partial charge >= 0.3 is 0 Å². The summed E-state index contributed by atoms with van der Waals surface area (Å²) in [5.41, 5.74) is 9.13. The number of likely N-dealkylation sites (tertiary alicyclic amines) is 1. The molecule has 116 valence electrons. The number of carbonyl (C=O) groups excluding carboxylic acids is 1. The van der Waals surface area contributed by atoms with Gasteiger partial charge in [0, 0.05) is 11.7 Å². The van der Waals surface area contributed by atoms with E-state index in [2.05, 4.69) is 23.2 Å². The summed E-state index contributed by atoms with van der Waals surface area (Å²) in [4.78, 5) is 14.4. The van der Waals surface area contributed by atoms with Gasteiger partial charge in [-0.3, -0.25) is 9.69 Å². The standard InChI is InChI=1S/C17H27N3O/c1-12-4-5-13(2)16(10-12)19-17(21)11-20-8-6-15(7-9-20)14(3)18/h4-5,10,14-15H,6-9,11,18H2,1-3H3,(H,19,21). The fraction of sp³-hybridized carbons (Fsp3) is 0.588. The van der Waals surface area contributed by atoms with Gasteiger partial charge in [0.05, 0.1) is 6.54 Å². The summed E-state index contributed by atoms with van der Waals surface area (Å²) in [5, 5.41) is 3.03. The molecule has 4 heteroatoms. The van der Waals surface area contributed by atoms with Crippen molar-refractivity contribution < 1.29 is 4.79 Å². The van der Waals surface area contributed by atoms with Crippen LogP contribution in [0.25, 0.3) is 0 Å². The van der Waals surface area contributed by atoms with E-state index in [-0.39, 0.29) is 11.9 Å². The van der Waals surface area contributed by atoms with Crippen molar-refractivity contribution in [3.63, 3.8) is 0 Å².